The third-order valence-corrected chi connectivity index (χ3v) is 6.01. The molecule has 1 amide bonds. The van der Waals surface area contributed by atoms with E-state index in [-0.39, 0.29) is 11.9 Å². The number of hydrogen-bond donors (Lipinski definition) is 1. The second-order valence-electron chi connectivity index (χ2n) is 7.17. The third-order valence-electron chi connectivity index (χ3n) is 4.98. The fraction of sp³-hybridized carbons (Fsp3) is 0.115. The number of rotatable bonds is 7. The molecule has 1 unspecified atom stereocenters. The SMILES string of the molecule is COc1ccccc1/C=C(/C(=O)NC(C)c1nc(-c2ccncc2)cs1)c1ccccc1. The van der Waals surface area contributed by atoms with Crippen LogP contribution in [0.15, 0.2) is 84.5 Å². The topological polar surface area (TPSA) is 64.1 Å². The van der Waals surface area contributed by atoms with E-state index in [1.165, 1.54) is 11.3 Å². The number of methoxy groups -OCH3 is 1. The van der Waals surface area contributed by atoms with E-state index >= 15 is 0 Å². The van der Waals surface area contributed by atoms with Crippen LogP contribution in [0.3, 0.4) is 0 Å². The van der Waals surface area contributed by atoms with Gasteiger partial charge in [-0.25, -0.2) is 4.98 Å². The molecule has 160 valence electrons. The number of nitrogens with one attached hydrogen (secondary N) is 1. The molecule has 0 aliphatic carbocycles. The zero-order chi connectivity index (χ0) is 22.3. The van der Waals surface area contributed by atoms with E-state index in [1.54, 1.807) is 19.5 Å². The van der Waals surface area contributed by atoms with Crippen molar-refractivity contribution in [1.82, 2.24) is 15.3 Å². The van der Waals surface area contributed by atoms with Crippen molar-refractivity contribution in [3.63, 3.8) is 0 Å². The molecule has 0 aliphatic rings. The van der Waals surface area contributed by atoms with E-state index in [0.717, 1.165) is 27.4 Å². The number of ether oxygens (including phenoxy) is 1. The van der Waals surface area contributed by atoms with Gasteiger partial charge in [0.15, 0.2) is 0 Å². The first-order valence-corrected chi connectivity index (χ1v) is 11.1. The predicted octanol–water partition coefficient (Wildman–Crippen LogP) is 5.63. The maximum Gasteiger partial charge on any atom is 0.252 e. The number of para-hydroxylation sites is 1. The van der Waals surface area contributed by atoms with E-state index in [0.29, 0.717) is 11.3 Å². The molecule has 0 bridgehead atoms. The number of nitrogens with zero attached hydrogens (tertiary/aromatic N) is 2. The third kappa shape index (κ3) is 4.92. The van der Waals surface area contributed by atoms with Crippen LogP contribution in [-0.4, -0.2) is 23.0 Å². The number of pyridine rings is 1. The Kier molecular flexibility index (Phi) is 6.72. The highest BCUT2D eigenvalue weighted by molar-refractivity contribution is 7.10. The fourth-order valence-corrected chi connectivity index (χ4v) is 4.15. The van der Waals surface area contributed by atoms with E-state index in [4.69, 9.17) is 9.72 Å². The van der Waals surface area contributed by atoms with Crippen LogP contribution in [0.25, 0.3) is 22.9 Å². The highest BCUT2D eigenvalue weighted by Gasteiger charge is 2.19. The van der Waals surface area contributed by atoms with Gasteiger partial charge in [0.2, 0.25) is 0 Å². The van der Waals surface area contributed by atoms with Gasteiger partial charge in [0, 0.05) is 34.5 Å². The molecular weight excluding hydrogens is 418 g/mol. The van der Waals surface area contributed by atoms with Crippen molar-refractivity contribution in [3.05, 3.63) is 101 Å². The molecule has 2 aromatic heterocycles. The molecule has 1 atom stereocenters. The van der Waals surface area contributed by atoms with Crippen molar-refractivity contribution >= 4 is 28.9 Å². The number of benzene rings is 2. The van der Waals surface area contributed by atoms with Crippen molar-refractivity contribution in [2.75, 3.05) is 7.11 Å². The number of thiazole rings is 1. The van der Waals surface area contributed by atoms with E-state index in [1.807, 2.05) is 85.1 Å². The maximum atomic E-state index is 13.4. The Balaban J connectivity index is 1.61. The van der Waals surface area contributed by atoms with Gasteiger partial charge in [0.1, 0.15) is 10.8 Å². The average molecular weight is 442 g/mol. The van der Waals surface area contributed by atoms with E-state index in [9.17, 15) is 4.79 Å². The summed E-state index contributed by atoms with van der Waals surface area (Å²) in [6, 6.07) is 20.9. The summed E-state index contributed by atoms with van der Waals surface area (Å²) < 4.78 is 5.47. The Morgan fingerprint density at radius 2 is 1.75 bits per heavy atom. The predicted molar refractivity (Wildman–Crippen MR) is 129 cm³/mol. The highest BCUT2D eigenvalue weighted by atomic mass is 32.1. The Morgan fingerprint density at radius 1 is 1.03 bits per heavy atom. The Hall–Kier alpha value is -3.77. The van der Waals surface area contributed by atoms with E-state index in [2.05, 4.69) is 10.3 Å². The van der Waals surface area contributed by atoms with Crippen LogP contribution in [-0.2, 0) is 4.79 Å². The first-order valence-electron chi connectivity index (χ1n) is 10.2. The standard InChI is InChI=1S/C26H23N3O2S/c1-18(26-29-23(17-32-26)20-12-14-27-15-13-20)28-25(30)22(19-8-4-3-5-9-19)16-21-10-6-7-11-24(21)31-2/h3-18H,1-2H3,(H,28,30)/b22-16+. The Bertz CT molecular complexity index is 1220. The lowest BCUT2D eigenvalue weighted by Crippen LogP contribution is -2.27. The van der Waals surface area contributed by atoms with Gasteiger partial charge >= 0.3 is 0 Å². The number of aromatic nitrogens is 2. The van der Waals surface area contributed by atoms with Gasteiger partial charge < -0.3 is 10.1 Å². The minimum absolute atomic E-state index is 0.171. The summed E-state index contributed by atoms with van der Waals surface area (Å²) in [7, 11) is 1.62. The van der Waals surface area contributed by atoms with Crippen molar-refractivity contribution in [1.29, 1.82) is 0 Å². The quantitative estimate of drug-likeness (QED) is 0.298. The molecule has 4 rings (SSSR count). The lowest BCUT2D eigenvalue weighted by Gasteiger charge is -2.15. The van der Waals surface area contributed by atoms with Crippen LogP contribution >= 0.6 is 11.3 Å². The van der Waals surface area contributed by atoms with Gasteiger partial charge in [-0.3, -0.25) is 9.78 Å². The van der Waals surface area contributed by atoms with Crippen LogP contribution in [0.2, 0.25) is 0 Å². The molecule has 0 saturated carbocycles. The fourth-order valence-electron chi connectivity index (χ4n) is 3.32. The van der Waals surface area contributed by atoms with Crippen molar-refractivity contribution in [3.8, 4) is 17.0 Å². The molecule has 6 heteroatoms. The summed E-state index contributed by atoms with van der Waals surface area (Å²) in [4.78, 5) is 22.1. The van der Waals surface area contributed by atoms with Crippen LogP contribution in [0.5, 0.6) is 5.75 Å². The van der Waals surface area contributed by atoms with Crippen molar-refractivity contribution in [2.24, 2.45) is 0 Å². The zero-order valence-electron chi connectivity index (χ0n) is 17.9. The molecular formula is C26H23N3O2S. The molecule has 0 aliphatic heterocycles. The summed E-state index contributed by atoms with van der Waals surface area (Å²) in [5, 5.41) is 5.94. The smallest absolute Gasteiger partial charge is 0.252 e. The highest BCUT2D eigenvalue weighted by Crippen LogP contribution is 2.28. The second kappa shape index (κ2) is 10.0. The Morgan fingerprint density at radius 3 is 2.50 bits per heavy atom. The van der Waals surface area contributed by atoms with Crippen LogP contribution < -0.4 is 10.1 Å². The molecule has 2 aromatic carbocycles. The number of carbonyl (C=O) groups excluding carboxylic acids is 1. The summed E-state index contributed by atoms with van der Waals surface area (Å²) in [5.41, 5.74) is 4.11. The van der Waals surface area contributed by atoms with Crippen LogP contribution in [0.4, 0.5) is 0 Å². The first-order chi connectivity index (χ1) is 15.7. The Labute approximate surface area is 191 Å². The normalized spacial score (nSPS) is 12.2. The van der Waals surface area contributed by atoms with Gasteiger partial charge in [-0.2, -0.15) is 0 Å². The monoisotopic (exact) mass is 441 g/mol. The zero-order valence-corrected chi connectivity index (χ0v) is 18.7. The minimum Gasteiger partial charge on any atom is -0.496 e. The molecule has 0 saturated heterocycles. The summed E-state index contributed by atoms with van der Waals surface area (Å²) in [5.74, 6) is 0.541. The molecule has 32 heavy (non-hydrogen) atoms. The number of carbonyl (C=O) groups is 1. The number of hydrogen-bond acceptors (Lipinski definition) is 5. The first kappa shape index (κ1) is 21.5. The summed E-state index contributed by atoms with van der Waals surface area (Å²) >= 11 is 1.53. The van der Waals surface area contributed by atoms with E-state index < -0.39 is 0 Å². The molecule has 0 spiro atoms. The maximum absolute atomic E-state index is 13.4. The molecule has 0 fully saturated rings. The largest absolute Gasteiger partial charge is 0.496 e. The summed E-state index contributed by atoms with van der Waals surface area (Å²) in [6.45, 7) is 1.94. The molecule has 5 nitrogen and oxygen atoms in total. The van der Waals surface area contributed by atoms with Crippen LogP contribution in [0, 0.1) is 0 Å². The van der Waals surface area contributed by atoms with Crippen molar-refractivity contribution in [2.45, 2.75) is 13.0 Å². The van der Waals surface area contributed by atoms with Gasteiger partial charge in [-0.1, -0.05) is 48.5 Å². The van der Waals surface area contributed by atoms with Gasteiger partial charge in [-0.05, 0) is 36.8 Å². The summed E-state index contributed by atoms with van der Waals surface area (Å²) in [6.07, 6.45) is 5.35. The number of amides is 1. The van der Waals surface area contributed by atoms with Gasteiger partial charge in [0.25, 0.3) is 5.91 Å². The lowest BCUT2D eigenvalue weighted by atomic mass is 10.0. The van der Waals surface area contributed by atoms with Gasteiger partial charge in [-0.15, -0.1) is 11.3 Å². The second-order valence-corrected chi connectivity index (χ2v) is 8.06. The molecule has 1 N–H and O–H groups in total. The minimum atomic E-state index is -0.243. The molecule has 4 aromatic rings. The van der Waals surface area contributed by atoms with Crippen LogP contribution in [0.1, 0.15) is 29.1 Å². The van der Waals surface area contributed by atoms with Crippen molar-refractivity contribution < 1.29 is 9.53 Å². The molecule has 2 heterocycles. The molecule has 0 radical (unpaired) electrons. The lowest BCUT2D eigenvalue weighted by molar-refractivity contribution is -0.116. The van der Waals surface area contributed by atoms with Gasteiger partial charge in [0.05, 0.1) is 18.8 Å². The average Bonchev–Trinajstić information content (AvgIpc) is 3.34.